The van der Waals surface area contributed by atoms with Crippen LogP contribution in [0.4, 0.5) is 5.95 Å². The number of hydrogen-bond donors (Lipinski definition) is 1. The molecule has 0 bridgehead atoms. The van der Waals surface area contributed by atoms with Crippen LogP contribution < -0.4 is 5.32 Å². The van der Waals surface area contributed by atoms with Crippen molar-refractivity contribution >= 4 is 5.95 Å². The van der Waals surface area contributed by atoms with E-state index >= 15 is 0 Å². The van der Waals surface area contributed by atoms with Gasteiger partial charge in [0.15, 0.2) is 0 Å². The summed E-state index contributed by atoms with van der Waals surface area (Å²) in [6.07, 6.45) is 3.67. The van der Waals surface area contributed by atoms with Crippen LogP contribution in [0.1, 0.15) is 30.7 Å². The van der Waals surface area contributed by atoms with Crippen LogP contribution in [0.15, 0.2) is 0 Å². The second-order valence-electron chi connectivity index (χ2n) is 4.26. The Kier molecular flexibility index (Phi) is 3.33. The molecule has 1 aliphatic carbocycles. The van der Waals surface area contributed by atoms with E-state index in [9.17, 15) is 0 Å². The van der Waals surface area contributed by atoms with Crippen molar-refractivity contribution in [1.82, 2.24) is 15.2 Å². The lowest BCUT2D eigenvalue weighted by Gasteiger charge is -2.19. The first kappa shape index (κ1) is 11.3. The lowest BCUT2D eigenvalue weighted by Crippen LogP contribution is -2.30. The first-order chi connectivity index (χ1) is 7.70. The number of aryl methyl sites for hydroxylation is 2. The Morgan fingerprint density at radius 1 is 1.19 bits per heavy atom. The van der Waals surface area contributed by atoms with Crippen LogP contribution in [-0.4, -0.2) is 34.4 Å². The number of hydrogen-bond acceptors (Lipinski definition) is 5. The molecule has 5 heteroatoms. The first-order valence-electron chi connectivity index (χ1n) is 5.68. The van der Waals surface area contributed by atoms with Crippen LogP contribution in [-0.2, 0) is 4.74 Å². The maximum Gasteiger partial charge on any atom is 0.243 e. The van der Waals surface area contributed by atoms with Gasteiger partial charge in [-0.1, -0.05) is 0 Å². The third kappa shape index (κ3) is 2.29. The molecular formula is C11H18N4O. The van der Waals surface area contributed by atoms with Gasteiger partial charge in [-0.15, -0.1) is 5.10 Å². The molecule has 1 N–H and O–H groups in total. The molecular weight excluding hydrogens is 204 g/mol. The summed E-state index contributed by atoms with van der Waals surface area (Å²) < 4.78 is 5.41. The molecule has 0 saturated heterocycles. The molecule has 88 valence electrons. The normalized spacial score (nSPS) is 24.7. The number of nitrogens with zero attached hydrogens (tertiary/aromatic N) is 3. The molecule has 1 aromatic rings. The van der Waals surface area contributed by atoms with Crippen molar-refractivity contribution in [1.29, 1.82) is 0 Å². The van der Waals surface area contributed by atoms with Crippen LogP contribution in [0, 0.1) is 13.8 Å². The van der Waals surface area contributed by atoms with Crippen molar-refractivity contribution in [3.05, 3.63) is 11.4 Å². The second-order valence-corrected chi connectivity index (χ2v) is 4.26. The van der Waals surface area contributed by atoms with Crippen molar-refractivity contribution in [3.63, 3.8) is 0 Å². The smallest absolute Gasteiger partial charge is 0.243 e. The average molecular weight is 222 g/mol. The number of methoxy groups -OCH3 is 1. The second kappa shape index (κ2) is 4.74. The summed E-state index contributed by atoms with van der Waals surface area (Å²) in [4.78, 5) is 4.36. The summed E-state index contributed by atoms with van der Waals surface area (Å²) in [5.41, 5.74) is 1.80. The Bertz CT molecular complexity index is 369. The van der Waals surface area contributed by atoms with Crippen molar-refractivity contribution < 1.29 is 4.74 Å². The molecule has 5 nitrogen and oxygen atoms in total. The maximum atomic E-state index is 5.41. The lowest BCUT2D eigenvalue weighted by atomic mass is 10.2. The highest BCUT2D eigenvalue weighted by Crippen LogP contribution is 2.23. The van der Waals surface area contributed by atoms with Crippen LogP contribution in [0.25, 0.3) is 0 Å². The fraction of sp³-hybridized carbons (Fsp3) is 0.727. The van der Waals surface area contributed by atoms with Crippen molar-refractivity contribution in [2.75, 3.05) is 12.4 Å². The molecule has 0 aliphatic heterocycles. The summed E-state index contributed by atoms with van der Waals surface area (Å²) in [6, 6.07) is 0.314. The zero-order valence-corrected chi connectivity index (χ0v) is 10.0. The van der Waals surface area contributed by atoms with Gasteiger partial charge in [-0.25, -0.2) is 4.98 Å². The standard InChI is InChI=1S/C11H18N4O/c1-7-8(2)14-15-11(12-7)13-9-5-4-6-10(9)16-3/h9-10H,4-6H2,1-3H3,(H,12,13,15). The maximum absolute atomic E-state index is 5.41. The molecule has 1 aromatic heterocycles. The lowest BCUT2D eigenvalue weighted by molar-refractivity contribution is 0.101. The van der Waals surface area contributed by atoms with E-state index < -0.39 is 0 Å². The summed E-state index contributed by atoms with van der Waals surface area (Å²) in [7, 11) is 1.75. The number of rotatable bonds is 3. The van der Waals surface area contributed by atoms with E-state index in [2.05, 4.69) is 20.5 Å². The summed E-state index contributed by atoms with van der Waals surface area (Å²) in [5, 5.41) is 11.4. The molecule has 2 rings (SSSR count). The van der Waals surface area contributed by atoms with E-state index in [0.29, 0.717) is 12.0 Å². The largest absolute Gasteiger partial charge is 0.379 e. The molecule has 0 radical (unpaired) electrons. The number of anilines is 1. The fourth-order valence-electron chi connectivity index (χ4n) is 2.06. The van der Waals surface area contributed by atoms with E-state index in [-0.39, 0.29) is 6.10 Å². The molecule has 0 amide bonds. The van der Waals surface area contributed by atoms with Gasteiger partial charge in [0.1, 0.15) is 0 Å². The van der Waals surface area contributed by atoms with E-state index in [1.807, 2.05) is 13.8 Å². The van der Waals surface area contributed by atoms with Gasteiger partial charge in [0, 0.05) is 7.11 Å². The van der Waals surface area contributed by atoms with Crippen LogP contribution in [0.2, 0.25) is 0 Å². The highest BCUT2D eigenvalue weighted by atomic mass is 16.5. The summed E-state index contributed by atoms with van der Waals surface area (Å²) in [5.74, 6) is 0.608. The van der Waals surface area contributed by atoms with Gasteiger partial charge in [0.2, 0.25) is 5.95 Å². The molecule has 2 unspecified atom stereocenters. The number of aromatic nitrogens is 3. The van der Waals surface area contributed by atoms with Gasteiger partial charge >= 0.3 is 0 Å². The van der Waals surface area contributed by atoms with Crippen molar-refractivity contribution in [3.8, 4) is 0 Å². The van der Waals surface area contributed by atoms with Gasteiger partial charge in [-0.05, 0) is 33.1 Å². The molecule has 16 heavy (non-hydrogen) atoms. The van der Waals surface area contributed by atoms with Crippen molar-refractivity contribution in [2.24, 2.45) is 0 Å². The molecule has 2 atom stereocenters. The monoisotopic (exact) mass is 222 g/mol. The number of ether oxygens (including phenoxy) is 1. The highest BCUT2D eigenvalue weighted by Gasteiger charge is 2.27. The van der Waals surface area contributed by atoms with E-state index in [4.69, 9.17) is 4.74 Å². The zero-order valence-electron chi connectivity index (χ0n) is 10.0. The van der Waals surface area contributed by atoms with Crippen molar-refractivity contribution in [2.45, 2.75) is 45.3 Å². The van der Waals surface area contributed by atoms with E-state index in [0.717, 1.165) is 24.2 Å². The molecule has 1 fully saturated rings. The summed E-state index contributed by atoms with van der Waals surface area (Å²) >= 11 is 0. The Morgan fingerprint density at radius 2 is 2.00 bits per heavy atom. The number of nitrogens with one attached hydrogen (secondary N) is 1. The third-order valence-corrected chi connectivity index (χ3v) is 3.16. The molecule has 0 spiro atoms. The quantitative estimate of drug-likeness (QED) is 0.839. The molecule has 1 saturated carbocycles. The van der Waals surface area contributed by atoms with Gasteiger partial charge in [-0.3, -0.25) is 0 Å². The minimum Gasteiger partial charge on any atom is -0.379 e. The first-order valence-corrected chi connectivity index (χ1v) is 5.68. The van der Waals surface area contributed by atoms with E-state index in [1.54, 1.807) is 7.11 Å². The molecule has 1 heterocycles. The Balaban J connectivity index is 2.05. The van der Waals surface area contributed by atoms with Gasteiger partial charge in [0.25, 0.3) is 0 Å². The topological polar surface area (TPSA) is 59.9 Å². The fourth-order valence-corrected chi connectivity index (χ4v) is 2.06. The summed E-state index contributed by atoms with van der Waals surface area (Å²) in [6.45, 7) is 3.85. The predicted molar refractivity (Wildman–Crippen MR) is 61.4 cm³/mol. The van der Waals surface area contributed by atoms with Gasteiger partial charge in [-0.2, -0.15) is 5.10 Å². The highest BCUT2D eigenvalue weighted by molar-refractivity contribution is 5.27. The Morgan fingerprint density at radius 3 is 2.69 bits per heavy atom. The van der Waals surface area contributed by atoms with Gasteiger partial charge in [0.05, 0.1) is 23.5 Å². The molecule has 1 aliphatic rings. The van der Waals surface area contributed by atoms with E-state index in [1.165, 1.54) is 6.42 Å². The van der Waals surface area contributed by atoms with Gasteiger partial charge < -0.3 is 10.1 Å². The minimum atomic E-state index is 0.269. The predicted octanol–water partition coefficient (Wildman–Crippen LogP) is 1.47. The molecule has 0 aromatic carbocycles. The van der Waals surface area contributed by atoms with Crippen LogP contribution >= 0.6 is 0 Å². The average Bonchev–Trinajstić information content (AvgIpc) is 2.71. The minimum absolute atomic E-state index is 0.269. The Hall–Kier alpha value is -1.23. The van der Waals surface area contributed by atoms with Crippen LogP contribution in [0.3, 0.4) is 0 Å². The Labute approximate surface area is 95.6 Å². The zero-order chi connectivity index (χ0) is 11.5. The van der Waals surface area contributed by atoms with Crippen LogP contribution in [0.5, 0.6) is 0 Å². The third-order valence-electron chi connectivity index (χ3n) is 3.16. The SMILES string of the molecule is COC1CCCC1Nc1nnc(C)c(C)n1.